The topological polar surface area (TPSA) is 32.3 Å². The van der Waals surface area contributed by atoms with E-state index in [9.17, 15) is 18.0 Å². The number of alkyl halides is 3. The van der Waals surface area contributed by atoms with Gasteiger partial charge in [0.1, 0.15) is 0 Å². The van der Waals surface area contributed by atoms with Gasteiger partial charge in [0.15, 0.2) is 0 Å². The molecule has 0 spiro atoms. The first-order valence-electron chi connectivity index (χ1n) is 7.49. The standard InChI is InChI=1S/C18H19F3N2O/c1-23(2)16-9-5-14(6-10-16)17(24)22-12-11-13-3-7-15(8-4-13)18(19,20)21/h3-10H,11-12H2,1-2H3,(H,22,24). The van der Waals surface area contributed by atoms with Crippen molar-refractivity contribution >= 4 is 11.6 Å². The quantitative estimate of drug-likeness (QED) is 0.902. The van der Waals surface area contributed by atoms with Gasteiger partial charge in [-0.25, -0.2) is 0 Å². The fourth-order valence-corrected chi connectivity index (χ4v) is 2.19. The second-order valence-electron chi connectivity index (χ2n) is 5.64. The van der Waals surface area contributed by atoms with E-state index in [0.717, 1.165) is 23.4 Å². The monoisotopic (exact) mass is 336 g/mol. The van der Waals surface area contributed by atoms with Gasteiger partial charge in [0.05, 0.1) is 5.56 Å². The van der Waals surface area contributed by atoms with Crippen molar-refractivity contribution in [1.82, 2.24) is 5.32 Å². The number of carbonyl (C=O) groups excluding carboxylic acids is 1. The summed E-state index contributed by atoms with van der Waals surface area (Å²) >= 11 is 0. The van der Waals surface area contributed by atoms with E-state index in [0.29, 0.717) is 18.5 Å². The molecule has 0 radical (unpaired) electrons. The van der Waals surface area contributed by atoms with Crippen LogP contribution in [0, 0.1) is 0 Å². The van der Waals surface area contributed by atoms with Crippen LogP contribution in [0.3, 0.4) is 0 Å². The summed E-state index contributed by atoms with van der Waals surface area (Å²) in [6.07, 6.45) is -3.86. The summed E-state index contributed by atoms with van der Waals surface area (Å²) in [7, 11) is 3.83. The number of benzene rings is 2. The number of hydrogen-bond acceptors (Lipinski definition) is 2. The van der Waals surface area contributed by atoms with E-state index in [2.05, 4.69) is 5.32 Å². The highest BCUT2D eigenvalue weighted by atomic mass is 19.4. The lowest BCUT2D eigenvalue weighted by Crippen LogP contribution is -2.25. The predicted octanol–water partition coefficient (Wildman–Crippen LogP) is 3.74. The molecule has 128 valence electrons. The van der Waals surface area contributed by atoms with Crippen molar-refractivity contribution in [3.8, 4) is 0 Å². The molecule has 24 heavy (non-hydrogen) atoms. The first-order valence-corrected chi connectivity index (χ1v) is 7.49. The zero-order valence-corrected chi connectivity index (χ0v) is 13.5. The molecule has 0 fully saturated rings. The van der Waals surface area contributed by atoms with Gasteiger partial charge in [-0.3, -0.25) is 4.79 Å². The summed E-state index contributed by atoms with van der Waals surface area (Å²) in [6.45, 7) is 0.361. The van der Waals surface area contributed by atoms with Gasteiger partial charge < -0.3 is 10.2 Å². The van der Waals surface area contributed by atoms with Gasteiger partial charge in [-0.2, -0.15) is 13.2 Å². The zero-order chi connectivity index (χ0) is 17.7. The predicted molar refractivity (Wildman–Crippen MR) is 88.3 cm³/mol. The van der Waals surface area contributed by atoms with E-state index in [4.69, 9.17) is 0 Å². The SMILES string of the molecule is CN(C)c1ccc(C(=O)NCCc2ccc(C(F)(F)F)cc2)cc1. The number of halogens is 3. The number of carbonyl (C=O) groups is 1. The summed E-state index contributed by atoms with van der Waals surface area (Å²) in [5, 5.41) is 2.77. The minimum atomic E-state index is -4.33. The van der Waals surface area contributed by atoms with Crippen LogP contribution in [-0.4, -0.2) is 26.5 Å². The average Bonchev–Trinajstić information content (AvgIpc) is 2.54. The van der Waals surface area contributed by atoms with Crippen LogP contribution in [0.1, 0.15) is 21.5 Å². The van der Waals surface area contributed by atoms with Gasteiger partial charge in [-0.1, -0.05) is 12.1 Å². The Morgan fingerprint density at radius 1 is 1.00 bits per heavy atom. The van der Waals surface area contributed by atoms with Gasteiger partial charge in [0, 0.05) is 31.9 Å². The van der Waals surface area contributed by atoms with Gasteiger partial charge in [-0.15, -0.1) is 0 Å². The molecule has 2 aromatic carbocycles. The Balaban J connectivity index is 1.86. The zero-order valence-electron chi connectivity index (χ0n) is 13.5. The number of hydrogen-bond donors (Lipinski definition) is 1. The number of rotatable bonds is 5. The third-order valence-electron chi connectivity index (χ3n) is 3.63. The maximum absolute atomic E-state index is 12.5. The van der Waals surface area contributed by atoms with Crippen LogP contribution in [0.2, 0.25) is 0 Å². The fraction of sp³-hybridized carbons (Fsp3) is 0.278. The highest BCUT2D eigenvalue weighted by Crippen LogP contribution is 2.29. The summed E-state index contributed by atoms with van der Waals surface area (Å²) in [6, 6.07) is 12.1. The Morgan fingerprint density at radius 2 is 1.58 bits per heavy atom. The van der Waals surface area contributed by atoms with E-state index in [-0.39, 0.29) is 5.91 Å². The average molecular weight is 336 g/mol. The van der Waals surface area contributed by atoms with E-state index in [1.165, 1.54) is 12.1 Å². The highest BCUT2D eigenvalue weighted by molar-refractivity contribution is 5.94. The molecule has 0 aliphatic rings. The largest absolute Gasteiger partial charge is 0.416 e. The van der Waals surface area contributed by atoms with Crippen molar-refractivity contribution in [2.75, 3.05) is 25.5 Å². The molecule has 3 nitrogen and oxygen atoms in total. The Bertz CT molecular complexity index is 677. The van der Waals surface area contributed by atoms with E-state index < -0.39 is 11.7 Å². The molecule has 1 N–H and O–H groups in total. The van der Waals surface area contributed by atoms with Crippen molar-refractivity contribution in [2.45, 2.75) is 12.6 Å². The highest BCUT2D eigenvalue weighted by Gasteiger charge is 2.29. The molecule has 2 aromatic rings. The molecular formula is C18H19F3N2O. The minimum absolute atomic E-state index is 0.202. The molecule has 0 aliphatic carbocycles. The smallest absolute Gasteiger partial charge is 0.378 e. The number of nitrogens with zero attached hydrogens (tertiary/aromatic N) is 1. The van der Waals surface area contributed by atoms with Crippen molar-refractivity contribution < 1.29 is 18.0 Å². The lowest BCUT2D eigenvalue weighted by atomic mass is 10.1. The second kappa shape index (κ2) is 7.38. The molecule has 6 heteroatoms. The number of anilines is 1. The van der Waals surface area contributed by atoms with Crippen molar-refractivity contribution in [3.05, 3.63) is 65.2 Å². The lowest BCUT2D eigenvalue weighted by Gasteiger charge is -2.12. The summed E-state index contributed by atoms with van der Waals surface area (Å²) in [5.74, 6) is -0.202. The summed E-state index contributed by atoms with van der Waals surface area (Å²) in [5.41, 5.74) is 1.62. The van der Waals surface area contributed by atoms with Crippen molar-refractivity contribution in [2.24, 2.45) is 0 Å². The van der Waals surface area contributed by atoms with Crippen LogP contribution in [0.15, 0.2) is 48.5 Å². The molecule has 2 rings (SSSR count). The Hall–Kier alpha value is -2.50. The minimum Gasteiger partial charge on any atom is -0.378 e. The molecule has 0 saturated heterocycles. The Labute approximate surface area is 139 Å². The summed E-state index contributed by atoms with van der Waals surface area (Å²) in [4.78, 5) is 14.0. The van der Waals surface area contributed by atoms with Gasteiger partial charge in [0.25, 0.3) is 5.91 Å². The molecule has 0 unspecified atom stereocenters. The Kier molecular flexibility index (Phi) is 5.49. The van der Waals surface area contributed by atoms with E-state index >= 15 is 0 Å². The second-order valence-corrected chi connectivity index (χ2v) is 5.64. The molecule has 0 heterocycles. The lowest BCUT2D eigenvalue weighted by molar-refractivity contribution is -0.137. The third-order valence-corrected chi connectivity index (χ3v) is 3.63. The first-order chi connectivity index (χ1) is 11.3. The fourth-order valence-electron chi connectivity index (χ4n) is 2.19. The van der Waals surface area contributed by atoms with Crippen LogP contribution >= 0.6 is 0 Å². The van der Waals surface area contributed by atoms with Crippen LogP contribution in [-0.2, 0) is 12.6 Å². The normalized spacial score (nSPS) is 11.2. The van der Waals surface area contributed by atoms with Gasteiger partial charge in [0.2, 0.25) is 0 Å². The van der Waals surface area contributed by atoms with E-state index in [1.54, 1.807) is 12.1 Å². The van der Waals surface area contributed by atoms with Crippen LogP contribution in [0.5, 0.6) is 0 Å². The number of nitrogens with one attached hydrogen (secondary N) is 1. The molecule has 0 atom stereocenters. The van der Waals surface area contributed by atoms with Crippen LogP contribution in [0.4, 0.5) is 18.9 Å². The van der Waals surface area contributed by atoms with Gasteiger partial charge in [-0.05, 0) is 48.4 Å². The maximum Gasteiger partial charge on any atom is 0.416 e. The molecule has 0 bridgehead atoms. The number of amides is 1. The molecule has 0 aliphatic heterocycles. The molecule has 0 saturated carbocycles. The van der Waals surface area contributed by atoms with Crippen molar-refractivity contribution in [1.29, 1.82) is 0 Å². The molecular weight excluding hydrogens is 317 g/mol. The van der Waals surface area contributed by atoms with Crippen molar-refractivity contribution in [3.63, 3.8) is 0 Å². The summed E-state index contributed by atoms with van der Waals surface area (Å²) < 4.78 is 37.5. The third kappa shape index (κ3) is 4.75. The molecule has 0 aromatic heterocycles. The molecule has 1 amide bonds. The van der Waals surface area contributed by atoms with E-state index in [1.807, 2.05) is 31.1 Å². The van der Waals surface area contributed by atoms with Gasteiger partial charge >= 0.3 is 6.18 Å². The maximum atomic E-state index is 12.5. The first kappa shape index (κ1) is 17.8. The van der Waals surface area contributed by atoms with Crippen LogP contribution in [0.25, 0.3) is 0 Å². The Morgan fingerprint density at radius 3 is 2.08 bits per heavy atom. The van der Waals surface area contributed by atoms with Crippen LogP contribution < -0.4 is 10.2 Å².